The van der Waals surface area contributed by atoms with Crippen molar-refractivity contribution in [2.75, 3.05) is 0 Å². The van der Waals surface area contributed by atoms with Crippen molar-refractivity contribution in [2.24, 2.45) is 0 Å². The van der Waals surface area contributed by atoms with E-state index in [4.69, 9.17) is 13.7 Å². The molecule has 7 rings (SSSR count). The SMILES string of the molecule is [2H]c1c([2H])c([2H])c(-c2ccc(-c3c4ccccc4c(-c4c([2H])c([2H])c([2H])c([2H])c4[2H])c4ccccc34)c3ccccc23)c([2H])c1[2H]. The maximum Gasteiger partial charge on any atom is 0.0629 e. The molecule has 0 aliphatic carbocycles. The van der Waals surface area contributed by atoms with Gasteiger partial charge in [0, 0.05) is 0 Å². The van der Waals surface area contributed by atoms with E-state index in [0.29, 0.717) is 27.3 Å². The van der Waals surface area contributed by atoms with Gasteiger partial charge in [-0.3, -0.25) is 0 Å². The number of hydrogen-bond donors (Lipinski definition) is 0. The summed E-state index contributed by atoms with van der Waals surface area (Å²) in [6.45, 7) is 0. The number of fused-ring (bicyclic) bond motifs is 3. The number of benzene rings is 7. The molecule has 0 atom stereocenters. The monoisotopic (exact) mass is 466 g/mol. The molecule has 0 spiro atoms. The van der Waals surface area contributed by atoms with Gasteiger partial charge in [-0.25, -0.2) is 0 Å². The molecule has 0 unspecified atom stereocenters. The molecule has 0 N–H and O–H groups in total. The molecule has 0 heteroatoms. The van der Waals surface area contributed by atoms with E-state index in [1.54, 1.807) is 6.07 Å². The van der Waals surface area contributed by atoms with Gasteiger partial charge >= 0.3 is 0 Å². The summed E-state index contributed by atoms with van der Waals surface area (Å²) in [5.41, 5.74) is 3.02. The molecule has 0 radical (unpaired) electrons. The Morgan fingerprint density at radius 3 is 1.25 bits per heavy atom. The Balaban J connectivity index is 1.62. The van der Waals surface area contributed by atoms with E-state index in [1.807, 2.05) is 78.9 Å². The molecule has 0 saturated carbocycles. The van der Waals surface area contributed by atoms with Crippen molar-refractivity contribution in [1.82, 2.24) is 0 Å². The average molecular weight is 467 g/mol. The zero-order valence-electron chi connectivity index (χ0n) is 29.1. The molecule has 168 valence electrons. The molecule has 0 amide bonds. The van der Waals surface area contributed by atoms with Gasteiger partial charge in [-0.2, -0.15) is 0 Å². The second kappa shape index (κ2) is 8.52. The summed E-state index contributed by atoms with van der Waals surface area (Å²) in [6, 6.07) is 22.9. The first-order valence-corrected chi connectivity index (χ1v) is 11.6. The van der Waals surface area contributed by atoms with E-state index in [9.17, 15) is 0 Å². The first kappa shape index (κ1) is 12.9. The summed E-state index contributed by atoms with van der Waals surface area (Å²) in [5.74, 6) is 0. The van der Waals surface area contributed by atoms with Crippen molar-refractivity contribution in [3.8, 4) is 33.4 Å². The first-order chi connectivity index (χ1) is 22.0. The largest absolute Gasteiger partial charge is 0.0629 e. The topological polar surface area (TPSA) is 0 Å². The predicted octanol–water partition coefficient (Wildman–Crippen LogP) is 10.1. The lowest BCUT2D eigenvalue weighted by Crippen LogP contribution is -1.92. The summed E-state index contributed by atoms with van der Waals surface area (Å²) in [5, 5.41) is 4.56. The lowest BCUT2D eigenvalue weighted by atomic mass is 9.84. The minimum atomic E-state index is -0.449. The Morgan fingerprint density at radius 1 is 0.333 bits per heavy atom. The maximum atomic E-state index is 8.79. The Morgan fingerprint density at radius 2 is 0.722 bits per heavy atom. The van der Waals surface area contributed by atoms with Crippen LogP contribution in [0.5, 0.6) is 0 Å². The van der Waals surface area contributed by atoms with E-state index in [2.05, 4.69) is 0 Å². The van der Waals surface area contributed by atoms with Gasteiger partial charge in [0.15, 0.2) is 0 Å². The lowest BCUT2D eigenvalue weighted by molar-refractivity contribution is 1.64. The quantitative estimate of drug-likeness (QED) is 0.227. The first-order valence-electron chi connectivity index (χ1n) is 16.6. The standard InChI is InChI=1S/C36H24/c1-3-13-25(14-4-1)27-23-24-34(29-18-8-7-17-28(27)29)36-32-21-11-9-19-30(32)35(26-15-5-2-6-16-26)31-20-10-12-22-33(31)36/h1-24H/i1D,2D,3D,4D,5D,6D,13D,14D,15D,16D. The van der Waals surface area contributed by atoms with Gasteiger partial charge in [0.1, 0.15) is 0 Å². The molecule has 7 aromatic carbocycles. The van der Waals surface area contributed by atoms with Crippen LogP contribution in [0.3, 0.4) is 0 Å². The Kier molecular flexibility index (Phi) is 3.04. The molecule has 0 nitrogen and oxygen atoms in total. The third-order valence-corrected chi connectivity index (χ3v) is 6.64. The number of hydrogen-bond acceptors (Lipinski definition) is 0. The minimum absolute atomic E-state index is 0.125. The summed E-state index contributed by atoms with van der Waals surface area (Å²) >= 11 is 0. The van der Waals surface area contributed by atoms with E-state index in [-0.39, 0.29) is 35.3 Å². The molecular weight excluding hydrogens is 432 g/mol. The highest BCUT2D eigenvalue weighted by Crippen LogP contribution is 2.46. The van der Waals surface area contributed by atoms with Crippen LogP contribution in [0, 0.1) is 0 Å². The van der Waals surface area contributed by atoms with Crippen LogP contribution in [0.25, 0.3) is 65.7 Å². The fraction of sp³-hybridized carbons (Fsp3) is 0. The van der Waals surface area contributed by atoms with E-state index in [1.165, 1.54) is 0 Å². The van der Waals surface area contributed by atoms with Crippen molar-refractivity contribution < 1.29 is 13.7 Å². The summed E-state index contributed by atoms with van der Waals surface area (Å²) in [7, 11) is 0. The number of rotatable bonds is 3. The molecule has 0 aliphatic rings. The molecule has 0 aromatic heterocycles. The fourth-order valence-electron chi connectivity index (χ4n) is 5.18. The minimum Gasteiger partial charge on any atom is -0.0622 e. The summed E-state index contributed by atoms with van der Waals surface area (Å²) < 4.78 is 84.2. The third kappa shape index (κ3) is 3.23. The van der Waals surface area contributed by atoms with Crippen LogP contribution in [-0.4, -0.2) is 0 Å². The van der Waals surface area contributed by atoms with Crippen LogP contribution < -0.4 is 0 Å². The van der Waals surface area contributed by atoms with Gasteiger partial charge in [-0.05, 0) is 65.7 Å². The molecule has 7 aromatic rings. The normalized spacial score (nSPS) is 15.2. The summed E-state index contributed by atoms with van der Waals surface area (Å²) in [4.78, 5) is 0. The van der Waals surface area contributed by atoms with Crippen LogP contribution >= 0.6 is 0 Å². The van der Waals surface area contributed by atoms with Crippen molar-refractivity contribution >= 4 is 32.3 Å². The third-order valence-electron chi connectivity index (χ3n) is 6.64. The van der Waals surface area contributed by atoms with Gasteiger partial charge in [-0.1, -0.05) is 145 Å². The van der Waals surface area contributed by atoms with Crippen LogP contribution in [0.2, 0.25) is 0 Å². The lowest BCUT2D eigenvalue weighted by Gasteiger charge is -2.19. The van der Waals surface area contributed by atoms with Gasteiger partial charge < -0.3 is 0 Å². The molecule has 0 saturated heterocycles. The van der Waals surface area contributed by atoms with Crippen LogP contribution in [0.4, 0.5) is 0 Å². The average Bonchev–Trinajstić information content (AvgIpc) is 3.08. The fourth-order valence-corrected chi connectivity index (χ4v) is 5.18. The molecule has 0 bridgehead atoms. The highest BCUT2D eigenvalue weighted by atomic mass is 14.2. The maximum absolute atomic E-state index is 8.79. The molecule has 36 heavy (non-hydrogen) atoms. The zero-order valence-corrected chi connectivity index (χ0v) is 19.1. The van der Waals surface area contributed by atoms with Gasteiger partial charge in [-0.15, -0.1) is 0 Å². The molecule has 0 fully saturated rings. The van der Waals surface area contributed by atoms with Crippen LogP contribution in [0.15, 0.2) is 145 Å². The Hall–Kier alpha value is -4.68. The highest BCUT2D eigenvalue weighted by Gasteiger charge is 2.18. The van der Waals surface area contributed by atoms with Gasteiger partial charge in [0.25, 0.3) is 0 Å². The van der Waals surface area contributed by atoms with Crippen LogP contribution in [0.1, 0.15) is 13.7 Å². The van der Waals surface area contributed by atoms with Crippen molar-refractivity contribution in [1.29, 1.82) is 0 Å². The Labute approximate surface area is 225 Å². The zero-order chi connectivity index (χ0) is 32.6. The van der Waals surface area contributed by atoms with Crippen molar-refractivity contribution in [3.05, 3.63) is 145 Å². The van der Waals surface area contributed by atoms with E-state index >= 15 is 0 Å². The molecule has 0 aliphatic heterocycles. The van der Waals surface area contributed by atoms with E-state index in [0.717, 1.165) is 27.3 Å². The highest BCUT2D eigenvalue weighted by molar-refractivity contribution is 6.24. The Bertz CT molecular complexity index is 2320. The second-order valence-electron chi connectivity index (χ2n) is 8.55. The second-order valence-corrected chi connectivity index (χ2v) is 8.55. The molecule has 0 heterocycles. The van der Waals surface area contributed by atoms with Crippen molar-refractivity contribution in [3.63, 3.8) is 0 Å². The van der Waals surface area contributed by atoms with Crippen molar-refractivity contribution in [2.45, 2.75) is 0 Å². The van der Waals surface area contributed by atoms with Crippen LogP contribution in [-0.2, 0) is 0 Å². The van der Waals surface area contributed by atoms with E-state index < -0.39 is 36.3 Å². The summed E-state index contributed by atoms with van der Waals surface area (Å²) in [6.07, 6.45) is 0. The van der Waals surface area contributed by atoms with Gasteiger partial charge in [0.2, 0.25) is 0 Å². The molecular formula is C36H24. The smallest absolute Gasteiger partial charge is 0.0622 e. The van der Waals surface area contributed by atoms with Gasteiger partial charge in [0.05, 0.1) is 13.7 Å². The predicted molar refractivity (Wildman–Crippen MR) is 155 cm³/mol.